The van der Waals surface area contributed by atoms with Crippen LogP contribution in [-0.2, 0) is 19.5 Å². The van der Waals surface area contributed by atoms with E-state index in [1.807, 2.05) is 4.90 Å². The number of hydrogen-bond donors (Lipinski definition) is 1. The molecule has 0 spiro atoms. The van der Waals surface area contributed by atoms with Gasteiger partial charge in [-0.1, -0.05) is 6.42 Å². The summed E-state index contributed by atoms with van der Waals surface area (Å²) in [5, 5.41) is 17.3. The molecule has 1 saturated heterocycles. The second-order valence-corrected chi connectivity index (χ2v) is 6.13. The summed E-state index contributed by atoms with van der Waals surface area (Å²) in [6.07, 6.45) is 4.86. The zero-order valence-corrected chi connectivity index (χ0v) is 12.1. The van der Waals surface area contributed by atoms with Gasteiger partial charge in [0, 0.05) is 25.4 Å². The number of aromatic nitrogens is 3. The van der Waals surface area contributed by atoms with Crippen molar-refractivity contribution in [3.8, 4) is 0 Å². The van der Waals surface area contributed by atoms with Gasteiger partial charge in [0.25, 0.3) is 5.92 Å². The minimum atomic E-state index is -2.98. The van der Waals surface area contributed by atoms with Crippen molar-refractivity contribution in [3.05, 3.63) is 11.6 Å². The summed E-state index contributed by atoms with van der Waals surface area (Å²) in [6, 6.07) is 0. The molecule has 2 aliphatic heterocycles. The van der Waals surface area contributed by atoms with Gasteiger partial charge in [0.15, 0.2) is 0 Å². The molecule has 3 rings (SSSR count). The minimum absolute atomic E-state index is 0.315. The number of hydrogen-bond acceptors (Lipinski definition) is 4. The van der Waals surface area contributed by atoms with Crippen molar-refractivity contribution in [3.63, 3.8) is 0 Å². The van der Waals surface area contributed by atoms with Crippen LogP contribution in [0.2, 0.25) is 0 Å². The quantitative estimate of drug-likeness (QED) is 0.914. The van der Waals surface area contributed by atoms with Crippen LogP contribution < -0.4 is 0 Å². The Hall–Kier alpha value is -1.08. The van der Waals surface area contributed by atoms with Crippen LogP contribution in [0.3, 0.4) is 0 Å². The molecular weight excluding hydrogens is 278 g/mol. The summed E-state index contributed by atoms with van der Waals surface area (Å²) in [7, 11) is 0. The third-order valence-electron chi connectivity index (χ3n) is 4.63. The van der Waals surface area contributed by atoms with Crippen LogP contribution in [-0.4, -0.2) is 50.4 Å². The van der Waals surface area contributed by atoms with Gasteiger partial charge in [0.05, 0.1) is 6.54 Å². The Labute approximate surface area is 123 Å². The number of alkyl halides is 2. The molecule has 1 N–H and O–H groups in total. The van der Waals surface area contributed by atoms with Crippen molar-refractivity contribution >= 4 is 0 Å². The lowest BCUT2D eigenvalue weighted by Gasteiger charge is -2.21. The first-order valence-electron chi connectivity index (χ1n) is 7.72. The van der Waals surface area contributed by atoms with E-state index in [1.54, 1.807) is 0 Å². The molecule has 1 unspecified atom stereocenters. The van der Waals surface area contributed by atoms with Gasteiger partial charge in [-0.05, 0) is 25.8 Å². The molecule has 21 heavy (non-hydrogen) atoms. The lowest BCUT2D eigenvalue weighted by Crippen LogP contribution is -2.34. The normalized spacial score (nSPS) is 24.0. The van der Waals surface area contributed by atoms with Gasteiger partial charge in [-0.25, -0.2) is 8.78 Å². The molecule has 0 saturated carbocycles. The summed E-state index contributed by atoms with van der Waals surface area (Å²) in [5.74, 6) is -1.82. The Bertz CT molecular complexity index is 491. The van der Waals surface area contributed by atoms with Crippen molar-refractivity contribution in [1.82, 2.24) is 19.7 Å². The summed E-state index contributed by atoms with van der Waals surface area (Å²) < 4.78 is 29.2. The zero-order chi connectivity index (χ0) is 14.9. The molecule has 3 heterocycles. The summed E-state index contributed by atoms with van der Waals surface area (Å²) in [6.45, 7) is 1.39. The second kappa shape index (κ2) is 5.96. The van der Waals surface area contributed by atoms with Gasteiger partial charge in [-0.2, -0.15) is 0 Å². The maximum absolute atomic E-state index is 13.5. The number of fused-ring (bicyclic) bond motifs is 1. The van der Waals surface area contributed by atoms with E-state index in [-0.39, 0.29) is 0 Å². The highest BCUT2D eigenvalue weighted by atomic mass is 19.3. The molecule has 0 bridgehead atoms. The zero-order valence-electron chi connectivity index (χ0n) is 12.1. The molecule has 7 heteroatoms. The monoisotopic (exact) mass is 300 g/mol. The van der Waals surface area contributed by atoms with Gasteiger partial charge < -0.3 is 9.67 Å². The lowest BCUT2D eigenvalue weighted by atomic mass is 10.0. The predicted octanol–water partition coefficient (Wildman–Crippen LogP) is 1.45. The lowest BCUT2D eigenvalue weighted by molar-refractivity contribution is -0.0939. The van der Waals surface area contributed by atoms with E-state index in [4.69, 9.17) is 5.11 Å². The molecule has 118 valence electrons. The van der Waals surface area contributed by atoms with Gasteiger partial charge >= 0.3 is 0 Å². The molecule has 0 amide bonds. The topological polar surface area (TPSA) is 54.2 Å². The van der Waals surface area contributed by atoms with Crippen LogP contribution in [0.4, 0.5) is 8.78 Å². The van der Waals surface area contributed by atoms with Crippen LogP contribution in [0.15, 0.2) is 0 Å². The fourth-order valence-electron chi connectivity index (χ4n) is 3.31. The number of aliphatic hydroxyl groups is 1. The Morgan fingerprint density at radius 1 is 1.19 bits per heavy atom. The smallest absolute Gasteiger partial charge is 0.274 e. The average molecular weight is 300 g/mol. The van der Waals surface area contributed by atoms with Crippen molar-refractivity contribution in [1.29, 1.82) is 0 Å². The Kier molecular flexibility index (Phi) is 4.21. The molecule has 1 aromatic rings. The summed E-state index contributed by atoms with van der Waals surface area (Å²) in [4.78, 5) is 2.00. The summed E-state index contributed by atoms with van der Waals surface area (Å²) >= 11 is 0. The number of nitrogens with zero attached hydrogens (tertiary/aromatic N) is 4. The number of aliphatic hydroxyl groups excluding tert-OH is 1. The first kappa shape index (κ1) is 14.8. The van der Waals surface area contributed by atoms with Gasteiger partial charge in [-0.3, -0.25) is 4.90 Å². The van der Waals surface area contributed by atoms with Crippen LogP contribution in [0.25, 0.3) is 0 Å². The molecule has 2 aliphatic rings. The molecule has 5 nitrogen and oxygen atoms in total. The van der Waals surface area contributed by atoms with Crippen LogP contribution in [0.5, 0.6) is 0 Å². The number of likely N-dealkylation sites (tertiary alicyclic amines) is 1. The van der Waals surface area contributed by atoms with E-state index in [1.165, 1.54) is 6.42 Å². The molecule has 1 fully saturated rings. The highest BCUT2D eigenvalue weighted by Gasteiger charge is 2.42. The highest BCUT2D eigenvalue weighted by Crippen LogP contribution is 2.32. The van der Waals surface area contributed by atoms with Gasteiger partial charge in [0.1, 0.15) is 18.3 Å². The third-order valence-corrected chi connectivity index (χ3v) is 4.63. The molecule has 1 atom stereocenters. The van der Waals surface area contributed by atoms with E-state index in [0.29, 0.717) is 26.1 Å². The maximum atomic E-state index is 13.5. The third kappa shape index (κ3) is 3.08. The second-order valence-electron chi connectivity index (χ2n) is 6.13. The Morgan fingerprint density at radius 3 is 2.86 bits per heavy atom. The van der Waals surface area contributed by atoms with Crippen LogP contribution in [0, 0.1) is 5.92 Å². The van der Waals surface area contributed by atoms with E-state index < -0.39 is 18.4 Å². The van der Waals surface area contributed by atoms with E-state index in [0.717, 1.165) is 37.5 Å². The molecule has 0 aliphatic carbocycles. The molecular formula is C14H22F2N4O. The van der Waals surface area contributed by atoms with Gasteiger partial charge in [0.2, 0.25) is 0 Å². The maximum Gasteiger partial charge on any atom is 0.274 e. The number of aryl methyl sites for hydroxylation is 1. The van der Waals surface area contributed by atoms with Crippen LogP contribution in [0.1, 0.15) is 37.3 Å². The average Bonchev–Trinajstić information content (AvgIpc) is 3.02. The van der Waals surface area contributed by atoms with E-state index in [2.05, 4.69) is 14.8 Å². The minimum Gasteiger partial charge on any atom is -0.390 e. The van der Waals surface area contributed by atoms with Crippen LogP contribution >= 0.6 is 0 Å². The summed E-state index contributed by atoms with van der Waals surface area (Å²) in [5.41, 5.74) is 0. The van der Waals surface area contributed by atoms with Crippen molar-refractivity contribution in [2.24, 2.45) is 5.92 Å². The number of rotatable bonds is 4. The molecule has 0 aromatic carbocycles. The standard InChI is InChI=1S/C14H22F2N4O/c15-14(16,10-21)11-5-7-19(8-11)9-13-18-17-12-4-2-1-3-6-20(12)13/h11,21H,1-10H2. The van der Waals surface area contributed by atoms with E-state index in [9.17, 15) is 8.78 Å². The largest absolute Gasteiger partial charge is 0.390 e. The SMILES string of the molecule is OCC(F)(F)C1CCN(Cc2nnc3n2CCCCC3)C1. The van der Waals surface area contributed by atoms with Gasteiger partial charge in [-0.15, -0.1) is 10.2 Å². The van der Waals surface area contributed by atoms with Crippen molar-refractivity contribution in [2.75, 3.05) is 19.7 Å². The first-order chi connectivity index (χ1) is 10.1. The predicted molar refractivity (Wildman–Crippen MR) is 73.0 cm³/mol. The fourth-order valence-corrected chi connectivity index (χ4v) is 3.31. The Balaban J connectivity index is 1.65. The fraction of sp³-hybridized carbons (Fsp3) is 0.857. The number of halogens is 2. The van der Waals surface area contributed by atoms with Crippen molar-refractivity contribution in [2.45, 2.75) is 51.1 Å². The molecule has 1 aromatic heterocycles. The molecule has 0 radical (unpaired) electrons. The van der Waals surface area contributed by atoms with E-state index >= 15 is 0 Å². The highest BCUT2D eigenvalue weighted by molar-refractivity contribution is 4.99. The Morgan fingerprint density at radius 2 is 2.05 bits per heavy atom. The first-order valence-corrected chi connectivity index (χ1v) is 7.72. The van der Waals surface area contributed by atoms with Crippen molar-refractivity contribution < 1.29 is 13.9 Å².